The molecule has 86 valence electrons. The van der Waals surface area contributed by atoms with Crippen LogP contribution in [0.15, 0.2) is 42.5 Å². The second-order valence-corrected chi connectivity index (χ2v) is 3.48. The van der Waals surface area contributed by atoms with Crippen molar-refractivity contribution in [2.24, 2.45) is 0 Å². The first-order valence-corrected chi connectivity index (χ1v) is 4.87. The Labute approximate surface area is 96.1 Å². The number of rotatable bonds is 2. The molecular weight excluding hydrogens is 226 g/mol. The van der Waals surface area contributed by atoms with Crippen LogP contribution in [0.1, 0.15) is 10.4 Å². The van der Waals surface area contributed by atoms with Crippen LogP contribution in [0.4, 0.5) is 8.78 Å². The van der Waals surface area contributed by atoms with Gasteiger partial charge >= 0.3 is 5.97 Å². The van der Waals surface area contributed by atoms with E-state index in [1.807, 2.05) is 0 Å². The Hall–Kier alpha value is -2.23. The van der Waals surface area contributed by atoms with Crippen LogP contribution in [-0.4, -0.2) is 11.1 Å². The molecule has 2 aromatic rings. The van der Waals surface area contributed by atoms with Gasteiger partial charge in [-0.2, -0.15) is 0 Å². The van der Waals surface area contributed by atoms with Gasteiger partial charge in [-0.1, -0.05) is 24.3 Å². The summed E-state index contributed by atoms with van der Waals surface area (Å²) < 4.78 is 27.1. The molecule has 0 amide bonds. The summed E-state index contributed by atoms with van der Waals surface area (Å²) in [6.45, 7) is 0. The van der Waals surface area contributed by atoms with Crippen molar-refractivity contribution in [1.29, 1.82) is 0 Å². The van der Waals surface area contributed by atoms with E-state index in [2.05, 4.69) is 0 Å². The quantitative estimate of drug-likeness (QED) is 0.865. The van der Waals surface area contributed by atoms with Crippen molar-refractivity contribution in [3.05, 3.63) is 59.7 Å². The zero-order valence-electron chi connectivity index (χ0n) is 8.65. The average Bonchev–Trinajstić information content (AvgIpc) is 2.30. The Bertz CT molecular complexity index is 579. The second-order valence-electron chi connectivity index (χ2n) is 3.48. The van der Waals surface area contributed by atoms with Gasteiger partial charge in [0.25, 0.3) is 0 Å². The van der Waals surface area contributed by atoms with Gasteiger partial charge in [0.05, 0.1) is 5.56 Å². The number of halogens is 2. The number of carboxylic acids is 1. The normalized spacial score (nSPS) is 10.2. The van der Waals surface area contributed by atoms with Crippen LogP contribution in [-0.2, 0) is 0 Å². The summed E-state index contributed by atoms with van der Waals surface area (Å²) in [6.07, 6.45) is 0. The van der Waals surface area contributed by atoms with Gasteiger partial charge in [0.2, 0.25) is 0 Å². The molecule has 2 nitrogen and oxygen atoms in total. The first kappa shape index (κ1) is 11.3. The van der Waals surface area contributed by atoms with Crippen molar-refractivity contribution in [3.8, 4) is 11.1 Å². The lowest BCUT2D eigenvalue weighted by molar-refractivity contribution is 0.0696. The minimum absolute atomic E-state index is 0.0492. The predicted octanol–water partition coefficient (Wildman–Crippen LogP) is 3.33. The highest BCUT2D eigenvalue weighted by Crippen LogP contribution is 2.25. The molecule has 0 aliphatic rings. The molecule has 0 fully saturated rings. The van der Waals surface area contributed by atoms with Gasteiger partial charge in [-0.05, 0) is 18.2 Å². The monoisotopic (exact) mass is 234 g/mol. The van der Waals surface area contributed by atoms with Crippen LogP contribution in [0, 0.1) is 11.6 Å². The van der Waals surface area contributed by atoms with Crippen LogP contribution in [0.3, 0.4) is 0 Å². The molecule has 1 N–H and O–H groups in total. The Morgan fingerprint density at radius 3 is 2.18 bits per heavy atom. The molecule has 0 radical (unpaired) electrons. The fourth-order valence-electron chi connectivity index (χ4n) is 1.55. The highest BCUT2D eigenvalue weighted by molar-refractivity contribution is 5.88. The fraction of sp³-hybridized carbons (Fsp3) is 0. The van der Waals surface area contributed by atoms with Gasteiger partial charge in [-0.25, -0.2) is 13.6 Å². The van der Waals surface area contributed by atoms with Crippen molar-refractivity contribution in [2.45, 2.75) is 0 Å². The van der Waals surface area contributed by atoms with E-state index in [-0.39, 0.29) is 16.7 Å². The molecule has 0 heterocycles. The summed E-state index contributed by atoms with van der Waals surface area (Å²) in [7, 11) is 0. The van der Waals surface area contributed by atoms with Crippen LogP contribution in [0.5, 0.6) is 0 Å². The average molecular weight is 234 g/mol. The van der Waals surface area contributed by atoms with E-state index in [9.17, 15) is 13.6 Å². The van der Waals surface area contributed by atoms with E-state index in [0.717, 1.165) is 6.07 Å². The smallest absolute Gasteiger partial charge is 0.335 e. The molecule has 17 heavy (non-hydrogen) atoms. The van der Waals surface area contributed by atoms with Gasteiger partial charge in [0, 0.05) is 11.1 Å². The molecular formula is C13H8F2O2. The number of carbonyl (C=O) groups is 1. The summed E-state index contributed by atoms with van der Waals surface area (Å²) in [5, 5.41) is 8.68. The fourth-order valence-corrected chi connectivity index (χ4v) is 1.55. The minimum Gasteiger partial charge on any atom is -0.478 e. The third kappa shape index (κ3) is 2.15. The third-order valence-corrected chi connectivity index (χ3v) is 2.38. The molecule has 4 heteroatoms. The van der Waals surface area contributed by atoms with Crippen LogP contribution < -0.4 is 0 Å². The second kappa shape index (κ2) is 4.33. The Kier molecular flexibility index (Phi) is 2.87. The van der Waals surface area contributed by atoms with Gasteiger partial charge in [0.1, 0.15) is 11.6 Å². The SMILES string of the molecule is O=C(O)c1ccc(-c2ccccc2F)c(F)c1. The van der Waals surface area contributed by atoms with Gasteiger partial charge in [-0.15, -0.1) is 0 Å². The molecule has 0 atom stereocenters. The lowest BCUT2D eigenvalue weighted by Crippen LogP contribution is -1.98. The number of benzene rings is 2. The zero-order chi connectivity index (χ0) is 12.4. The van der Waals surface area contributed by atoms with E-state index in [4.69, 9.17) is 5.11 Å². The maximum absolute atomic E-state index is 13.6. The van der Waals surface area contributed by atoms with Gasteiger partial charge < -0.3 is 5.11 Å². The molecule has 0 spiro atoms. The molecule has 0 saturated carbocycles. The maximum Gasteiger partial charge on any atom is 0.335 e. The summed E-state index contributed by atoms with van der Waals surface area (Å²) in [5.74, 6) is -2.52. The Morgan fingerprint density at radius 1 is 0.941 bits per heavy atom. The molecule has 0 saturated heterocycles. The molecule has 0 aromatic heterocycles. The van der Waals surface area contributed by atoms with Gasteiger partial charge in [0.15, 0.2) is 0 Å². The van der Waals surface area contributed by atoms with E-state index in [1.165, 1.54) is 30.3 Å². The zero-order valence-corrected chi connectivity index (χ0v) is 8.65. The van der Waals surface area contributed by atoms with Crippen LogP contribution >= 0.6 is 0 Å². The maximum atomic E-state index is 13.6. The van der Waals surface area contributed by atoms with Gasteiger partial charge in [-0.3, -0.25) is 0 Å². The van der Waals surface area contributed by atoms with Crippen molar-refractivity contribution < 1.29 is 18.7 Å². The van der Waals surface area contributed by atoms with Crippen LogP contribution in [0.25, 0.3) is 11.1 Å². The largest absolute Gasteiger partial charge is 0.478 e. The minimum atomic E-state index is -1.22. The molecule has 2 rings (SSSR count). The topological polar surface area (TPSA) is 37.3 Å². The van der Waals surface area contributed by atoms with E-state index < -0.39 is 17.6 Å². The Balaban J connectivity index is 2.55. The van der Waals surface area contributed by atoms with Crippen molar-refractivity contribution >= 4 is 5.97 Å². The summed E-state index contributed by atoms with van der Waals surface area (Å²) in [6, 6.07) is 9.13. The van der Waals surface area contributed by atoms with Crippen molar-refractivity contribution in [1.82, 2.24) is 0 Å². The molecule has 0 aliphatic carbocycles. The molecule has 0 bridgehead atoms. The lowest BCUT2D eigenvalue weighted by atomic mass is 10.0. The van der Waals surface area contributed by atoms with E-state index in [1.54, 1.807) is 6.07 Å². The molecule has 0 aliphatic heterocycles. The van der Waals surface area contributed by atoms with E-state index >= 15 is 0 Å². The summed E-state index contributed by atoms with van der Waals surface area (Å²) >= 11 is 0. The third-order valence-electron chi connectivity index (χ3n) is 2.38. The number of hydrogen-bond donors (Lipinski definition) is 1. The number of aromatic carboxylic acids is 1. The lowest BCUT2D eigenvalue weighted by Gasteiger charge is -2.05. The first-order valence-electron chi connectivity index (χ1n) is 4.87. The summed E-state index contributed by atoms with van der Waals surface area (Å²) in [5.41, 5.74) is -0.00220. The predicted molar refractivity (Wildman–Crippen MR) is 58.8 cm³/mol. The molecule has 0 unspecified atom stereocenters. The summed E-state index contributed by atoms with van der Waals surface area (Å²) in [4.78, 5) is 10.6. The number of hydrogen-bond acceptors (Lipinski definition) is 1. The highest BCUT2D eigenvalue weighted by atomic mass is 19.1. The molecule has 2 aromatic carbocycles. The first-order chi connectivity index (χ1) is 8.09. The van der Waals surface area contributed by atoms with E-state index in [0.29, 0.717) is 0 Å². The number of carboxylic acid groups (broad SMARTS) is 1. The van der Waals surface area contributed by atoms with Crippen molar-refractivity contribution in [2.75, 3.05) is 0 Å². The standard InChI is InChI=1S/C13H8F2O2/c14-11-4-2-1-3-9(11)10-6-5-8(13(16)17)7-12(10)15/h1-7H,(H,16,17). The van der Waals surface area contributed by atoms with Crippen molar-refractivity contribution in [3.63, 3.8) is 0 Å². The highest BCUT2D eigenvalue weighted by Gasteiger charge is 2.12. The Morgan fingerprint density at radius 2 is 1.59 bits per heavy atom. The van der Waals surface area contributed by atoms with Crippen LogP contribution in [0.2, 0.25) is 0 Å².